The van der Waals surface area contributed by atoms with E-state index in [-0.39, 0.29) is 10.9 Å². The predicted octanol–water partition coefficient (Wildman–Crippen LogP) is 1.97. The number of aromatic nitrogens is 5. The predicted molar refractivity (Wildman–Crippen MR) is 96.2 cm³/mol. The minimum atomic E-state index is 0.229. The molecule has 0 aromatic carbocycles. The number of thioether (sulfide) groups is 1. The number of pyridine rings is 1. The lowest BCUT2D eigenvalue weighted by Gasteiger charge is -2.48. The topological polar surface area (TPSA) is 68.4 Å². The lowest BCUT2D eigenvalue weighted by Crippen LogP contribution is -2.59. The highest BCUT2D eigenvalue weighted by Gasteiger charge is 2.50. The maximum atomic E-state index is 6.04. The van der Waals surface area contributed by atoms with E-state index in [1.165, 1.54) is 0 Å². The molecule has 0 N–H and O–H groups in total. The van der Waals surface area contributed by atoms with E-state index >= 15 is 0 Å². The first-order valence-corrected chi connectivity index (χ1v) is 9.33. The third-order valence-electron chi connectivity index (χ3n) is 4.74. The SMILES string of the molecule is Cc1cc(N2CC3(C[C@@H](Oc4ccccn4)CS3)C2)n2ncnc2n1. The fourth-order valence-electron chi connectivity index (χ4n) is 3.63. The van der Waals surface area contributed by atoms with Gasteiger partial charge in [0, 0.05) is 49.3 Å². The molecular weight excluding hydrogens is 336 g/mol. The number of hydrogen-bond donors (Lipinski definition) is 0. The maximum Gasteiger partial charge on any atom is 0.254 e. The van der Waals surface area contributed by atoms with Crippen molar-refractivity contribution in [1.29, 1.82) is 0 Å². The van der Waals surface area contributed by atoms with Crippen molar-refractivity contribution >= 4 is 23.4 Å². The Morgan fingerprint density at radius 1 is 1.28 bits per heavy atom. The highest BCUT2D eigenvalue weighted by molar-refractivity contribution is 8.01. The van der Waals surface area contributed by atoms with Gasteiger partial charge in [0.2, 0.25) is 5.88 Å². The molecule has 1 spiro atoms. The second kappa shape index (κ2) is 5.59. The summed E-state index contributed by atoms with van der Waals surface area (Å²) in [7, 11) is 0. The van der Waals surface area contributed by atoms with E-state index in [1.807, 2.05) is 41.4 Å². The first-order chi connectivity index (χ1) is 12.2. The van der Waals surface area contributed by atoms with Crippen LogP contribution < -0.4 is 9.64 Å². The standard InChI is InChI=1S/C17H18N6OS/c1-12-6-15(23-16(21-12)19-11-20-23)22-9-17(10-22)7-13(8-25-17)24-14-4-2-3-5-18-14/h2-6,11,13H,7-10H2,1H3/t13-/m1/s1. The van der Waals surface area contributed by atoms with Gasteiger partial charge in [0.25, 0.3) is 5.78 Å². The number of hydrogen-bond acceptors (Lipinski definition) is 7. The van der Waals surface area contributed by atoms with Gasteiger partial charge in [-0.15, -0.1) is 11.8 Å². The minimum Gasteiger partial charge on any atom is -0.473 e. The van der Waals surface area contributed by atoms with Gasteiger partial charge in [0.1, 0.15) is 18.2 Å². The van der Waals surface area contributed by atoms with Gasteiger partial charge in [0.05, 0.1) is 4.75 Å². The van der Waals surface area contributed by atoms with Gasteiger partial charge in [-0.1, -0.05) is 6.07 Å². The van der Waals surface area contributed by atoms with Crippen LogP contribution in [0.2, 0.25) is 0 Å². The Balaban J connectivity index is 1.29. The van der Waals surface area contributed by atoms with Crippen molar-refractivity contribution in [1.82, 2.24) is 24.6 Å². The van der Waals surface area contributed by atoms with Crippen LogP contribution in [-0.2, 0) is 0 Å². The van der Waals surface area contributed by atoms with Crippen LogP contribution in [0, 0.1) is 6.92 Å². The molecule has 3 aromatic rings. The smallest absolute Gasteiger partial charge is 0.254 e. The lowest BCUT2D eigenvalue weighted by molar-refractivity contribution is 0.194. The number of nitrogens with zero attached hydrogens (tertiary/aromatic N) is 6. The molecule has 0 amide bonds. The average molecular weight is 354 g/mol. The van der Waals surface area contributed by atoms with Gasteiger partial charge in [-0.25, -0.2) is 9.97 Å². The summed E-state index contributed by atoms with van der Waals surface area (Å²) in [5.74, 6) is 3.46. The third kappa shape index (κ3) is 2.60. The molecule has 2 aliphatic rings. The monoisotopic (exact) mass is 354 g/mol. The van der Waals surface area contributed by atoms with Crippen molar-refractivity contribution in [3.05, 3.63) is 42.5 Å². The molecule has 0 unspecified atom stereocenters. The van der Waals surface area contributed by atoms with E-state index in [2.05, 4.69) is 31.0 Å². The van der Waals surface area contributed by atoms with Crippen molar-refractivity contribution in [3.8, 4) is 5.88 Å². The van der Waals surface area contributed by atoms with Crippen LogP contribution in [-0.4, -0.2) is 54.3 Å². The number of ether oxygens (including phenoxy) is 1. The molecule has 2 saturated heterocycles. The van der Waals surface area contributed by atoms with Crippen LogP contribution >= 0.6 is 11.8 Å². The molecule has 5 heterocycles. The Kier molecular flexibility index (Phi) is 3.34. The fourth-order valence-corrected chi connectivity index (χ4v) is 5.16. The summed E-state index contributed by atoms with van der Waals surface area (Å²) in [4.78, 5) is 15.2. The lowest BCUT2D eigenvalue weighted by atomic mass is 9.93. The zero-order valence-corrected chi connectivity index (χ0v) is 14.7. The second-order valence-electron chi connectivity index (χ2n) is 6.69. The quantitative estimate of drug-likeness (QED) is 0.712. The van der Waals surface area contributed by atoms with Crippen LogP contribution in [0.3, 0.4) is 0 Å². The highest BCUT2D eigenvalue weighted by Crippen LogP contribution is 2.47. The van der Waals surface area contributed by atoms with E-state index in [0.717, 1.165) is 42.7 Å². The molecule has 128 valence electrons. The third-order valence-corrected chi connectivity index (χ3v) is 6.32. The normalized spacial score (nSPS) is 21.6. The molecule has 0 bridgehead atoms. The molecule has 0 saturated carbocycles. The Bertz CT molecular complexity index is 908. The molecular formula is C17H18N6OS. The summed E-state index contributed by atoms with van der Waals surface area (Å²) < 4.78 is 8.12. The number of anilines is 1. The van der Waals surface area contributed by atoms with Crippen molar-refractivity contribution < 1.29 is 4.74 Å². The summed E-state index contributed by atoms with van der Waals surface area (Å²) in [6.07, 6.45) is 4.61. The first-order valence-electron chi connectivity index (χ1n) is 8.35. The molecule has 2 fully saturated rings. The van der Waals surface area contributed by atoms with E-state index in [0.29, 0.717) is 5.78 Å². The zero-order valence-electron chi connectivity index (χ0n) is 13.9. The van der Waals surface area contributed by atoms with Crippen molar-refractivity contribution in [2.75, 3.05) is 23.7 Å². The summed E-state index contributed by atoms with van der Waals surface area (Å²) in [5.41, 5.74) is 0.965. The number of rotatable bonds is 3. The Hall–Kier alpha value is -2.35. The van der Waals surface area contributed by atoms with Gasteiger partial charge >= 0.3 is 0 Å². The molecule has 5 rings (SSSR count). The van der Waals surface area contributed by atoms with E-state index in [1.54, 1.807) is 12.5 Å². The van der Waals surface area contributed by atoms with Gasteiger partial charge in [-0.3, -0.25) is 0 Å². The summed E-state index contributed by atoms with van der Waals surface area (Å²) >= 11 is 2.01. The number of aryl methyl sites for hydroxylation is 1. The Morgan fingerprint density at radius 2 is 2.20 bits per heavy atom. The number of fused-ring (bicyclic) bond motifs is 1. The minimum absolute atomic E-state index is 0.229. The van der Waals surface area contributed by atoms with Gasteiger partial charge in [-0.2, -0.15) is 14.6 Å². The highest BCUT2D eigenvalue weighted by atomic mass is 32.2. The van der Waals surface area contributed by atoms with Gasteiger partial charge in [-0.05, 0) is 13.0 Å². The molecule has 3 aromatic heterocycles. The maximum absolute atomic E-state index is 6.04. The Morgan fingerprint density at radius 3 is 3.04 bits per heavy atom. The fraction of sp³-hybridized carbons (Fsp3) is 0.412. The van der Waals surface area contributed by atoms with Crippen molar-refractivity contribution in [2.24, 2.45) is 0 Å². The van der Waals surface area contributed by atoms with E-state index in [9.17, 15) is 0 Å². The van der Waals surface area contributed by atoms with Gasteiger partial charge < -0.3 is 9.64 Å². The molecule has 2 aliphatic heterocycles. The Labute approximate surface area is 149 Å². The summed E-state index contributed by atoms with van der Waals surface area (Å²) in [5, 5.41) is 4.31. The van der Waals surface area contributed by atoms with Crippen LogP contribution in [0.15, 0.2) is 36.8 Å². The van der Waals surface area contributed by atoms with E-state index < -0.39 is 0 Å². The largest absolute Gasteiger partial charge is 0.473 e. The second-order valence-corrected chi connectivity index (χ2v) is 8.18. The molecule has 25 heavy (non-hydrogen) atoms. The average Bonchev–Trinajstić information content (AvgIpc) is 3.20. The van der Waals surface area contributed by atoms with Crippen LogP contribution in [0.5, 0.6) is 5.88 Å². The zero-order chi connectivity index (χ0) is 16.9. The molecule has 0 aliphatic carbocycles. The molecule has 8 heteroatoms. The molecule has 1 atom stereocenters. The summed E-state index contributed by atoms with van der Waals surface area (Å²) in [6, 6.07) is 7.86. The van der Waals surface area contributed by atoms with Crippen LogP contribution in [0.25, 0.3) is 5.78 Å². The molecule has 0 radical (unpaired) electrons. The van der Waals surface area contributed by atoms with Gasteiger partial charge in [0.15, 0.2) is 0 Å². The first kappa shape index (κ1) is 14.9. The molecule has 7 nitrogen and oxygen atoms in total. The van der Waals surface area contributed by atoms with Crippen LogP contribution in [0.1, 0.15) is 12.1 Å². The van der Waals surface area contributed by atoms with E-state index in [4.69, 9.17) is 4.74 Å². The van der Waals surface area contributed by atoms with Crippen molar-refractivity contribution in [3.63, 3.8) is 0 Å². The summed E-state index contributed by atoms with van der Waals surface area (Å²) in [6.45, 7) is 3.99. The van der Waals surface area contributed by atoms with Crippen molar-refractivity contribution in [2.45, 2.75) is 24.2 Å². The van der Waals surface area contributed by atoms with Crippen LogP contribution in [0.4, 0.5) is 5.82 Å².